The molecule has 2 saturated heterocycles. The second-order valence-corrected chi connectivity index (χ2v) is 11.2. The molecule has 0 saturated carbocycles. The number of sulfonamides is 1. The van der Waals surface area contributed by atoms with E-state index in [1.54, 1.807) is 12.3 Å². The van der Waals surface area contributed by atoms with Gasteiger partial charge in [-0.25, -0.2) is 8.42 Å². The maximum absolute atomic E-state index is 11.8. The predicted molar refractivity (Wildman–Crippen MR) is 141 cm³/mol. The van der Waals surface area contributed by atoms with E-state index in [2.05, 4.69) is 42.8 Å². The van der Waals surface area contributed by atoms with Gasteiger partial charge in [-0.05, 0) is 80.0 Å². The van der Waals surface area contributed by atoms with Crippen LogP contribution < -0.4 is 14.9 Å². The third kappa shape index (κ3) is 5.05. The van der Waals surface area contributed by atoms with Crippen molar-refractivity contribution >= 4 is 38.7 Å². The van der Waals surface area contributed by atoms with Crippen molar-refractivity contribution in [3.8, 4) is 0 Å². The molecule has 0 aliphatic carbocycles. The summed E-state index contributed by atoms with van der Waals surface area (Å²) in [6.07, 6.45) is 7.38. The SMILES string of the molecule is Cc1cc(N2C(=S)N[C@H](c3ccccn3)[C@H]2c2cccn2C[C@H]2CCCO2)ccc1NS(C)(=O)=O. The quantitative estimate of drug-likeness (QED) is 0.465. The van der Waals surface area contributed by atoms with Gasteiger partial charge in [0.25, 0.3) is 0 Å². The van der Waals surface area contributed by atoms with E-state index in [9.17, 15) is 8.42 Å². The van der Waals surface area contributed by atoms with E-state index in [1.165, 1.54) is 0 Å². The van der Waals surface area contributed by atoms with Gasteiger partial charge in [0.05, 0.1) is 29.8 Å². The molecule has 5 rings (SSSR count). The molecule has 184 valence electrons. The molecule has 0 amide bonds. The molecule has 2 aliphatic heterocycles. The molecule has 2 fully saturated rings. The zero-order valence-corrected chi connectivity index (χ0v) is 21.3. The van der Waals surface area contributed by atoms with Gasteiger partial charge in [0.2, 0.25) is 10.0 Å². The molecule has 1 aromatic carbocycles. The van der Waals surface area contributed by atoms with Crippen molar-refractivity contribution in [2.24, 2.45) is 0 Å². The Balaban J connectivity index is 1.56. The average molecular weight is 512 g/mol. The van der Waals surface area contributed by atoms with Crippen molar-refractivity contribution < 1.29 is 13.2 Å². The van der Waals surface area contributed by atoms with Crippen molar-refractivity contribution in [3.63, 3.8) is 0 Å². The summed E-state index contributed by atoms with van der Waals surface area (Å²) in [5.74, 6) is 0. The number of nitrogens with zero attached hydrogens (tertiary/aromatic N) is 3. The predicted octanol–water partition coefficient (Wildman–Crippen LogP) is 3.92. The molecule has 2 aliphatic rings. The Morgan fingerprint density at radius 1 is 1.23 bits per heavy atom. The highest BCUT2D eigenvalue weighted by Crippen LogP contribution is 2.42. The molecule has 8 nitrogen and oxygen atoms in total. The Kier molecular flexibility index (Phi) is 6.52. The van der Waals surface area contributed by atoms with Gasteiger partial charge in [-0.2, -0.15) is 0 Å². The number of nitrogens with one attached hydrogen (secondary N) is 2. The van der Waals surface area contributed by atoms with Crippen molar-refractivity contribution in [3.05, 3.63) is 77.9 Å². The summed E-state index contributed by atoms with van der Waals surface area (Å²) >= 11 is 5.84. The number of anilines is 2. The van der Waals surface area contributed by atoms with Crippen LogP contribution in [0.5, 0.6) is 0 Å². The Labute approximate surface area is 211 Å². The molecule has 10 heteroatoms. The fourth-order valence-corrected chi connectivity index (χ4v) is 5.89. The number of benzene rings is 1. The lowest BCUT2D eigenvalue weighted by Crippen LogP contribution is -2.31. The maximum atomic E-state index is 11.8. The van der Waals surface area contributed by atoms with E-state index in [0.717, 1.165) is 54.9 Å². The zero-order valence-electron chi connectivity index (χ0n) is 19.7. The van der Waals surface area contributed by atoms with Crippen LogP contribution in [0.3, 0.4) is 0 Å². The number of aryl methyl sites for hydroxylation is 1. The first-order valence-corrected chi connectivity index (χ1v) is 14.0. The summed E-state index contributed by atoms with van der Waals surface area (Å²) in [6, 6.07) is 15.4. The molecule has 0 unspecified atom stereocenters. The Morgan fingerprint density at radius 3 is 2.77 bits per heavy atom. The average Bonchev–Trinajstić information content (AvgIpc) is 3.56. The van der Waals surface area contributed by atoms with Crippen molar-refractivity contribution in [1.29, 1.82) is 0 Å². The third-order valence-corrected chi connectivity index (χ3v) is 7.38. The van der Waals surface area contributed by atoms with Crippen LogP contribution >= 0.6 is 12.2 Å². The lowest BCUT2D eigenvalue weighted by atomic mass is 10.0. The third-order valence-electron chi connectivity index (χ3n) is 6.47. The minimum atomic E-state index is -3.38. The fourth-order valence-electron chi connectivity index (χ4n) is 4.92. The first-order valence-electron chi connectivity index (χ1n) is 11.7. The van der Waals surface area contributed by atoms with Gasteiger partial charge in [0, 0.05) is 36.9 Å². The van der Waals surface area contributed by atoms with Gasteiger partial charge in [-0.15, -0.1) is 0 Å². The Hall–Kier alpha value is -2.95. The van der Waals surface area contributed by atoms with Crippen molar-refractivity contribution in [2.75, 3.05) is 22.5 Å². The van der Waals surface area contributed by atoms with E-state index in [0.29, 0.717) is 10.8 Å². The monoisotopic (exact) mass is 511 g/mol. The first kappa shape index (κ1) is 23.8. The highest BCUT2D eigenvalue weighted by atomic mass is 32.2. The lowest BCUT2D eigenvalue weighted by molar-refractivity contribution is 0.0961. The summed E-state index contributed by atoms with van der Waals surface area (Å²) in [5, 5.41) is 4.09. The van der Waals surface area contributed by atoms with Crippen molar-refractivity contribution in [2.45, 2.75) is 44.5 Å². The van der Waals surface area contributed by atoms with E-state index in [-0.39, 0.29) is 18.2 Å². The highest BCUT2D eigenvalue weighted by molar-refractivity contribution is 7.92. The number of ether oxygens (including phenoxy) is 1. The number of aromatic nitrogens is 2. The summed E-state index contributed by atoms with van der Waals surface area (Å²) in [6.45, 7) is 3.48. The molecule has 2 N–H and O–H groups in total. The number of thiocarbonyl (C=S) groups is 1. The molecule has 35 heavy (non-hydrogen) atoms. The summed E-state index contributed by atoms with van der Waals surface area (Å²) in [4.78, 5) is 6.73. The minimum absolute atomic E-state index is 0.151. The van der Waals surface area contributed by atoms with Gasteiger partial charge in [-0.3, -0.25) is 9.71 Å². The number of hydrogen-bond donors (Lipinski definition) is 2. The van der Waals surface area contributed by atoms with Crippen LogP contribution in [0, 0.1) is 6.92 Å². The minimum Gasteiger partial charge on any atom is -0.376 e. The van der Waals surface area contributed by atoms with Gasteiger partial charge in [0.1, 0.15) is 6.04 Å². The molecule has 2 aromatic heterocycles. The summed E-state index contributed by atoms with van der Waals surface area (Å²) in [7, 11) is -3.38. The Bertz CT molecular complexity index is 1320. The van der Waals surface area contributed by atoms with Gasteiger partial charge in [0.15, 0.2) is 5.11 Å². The van der Waals surface area contributed by atoms with E-state index < -0.39 is 10.0 Å². The van der Waals surface area contributed by atoms with Crippen LogP contribution in [0.2, 0.25) is 0 Å². The van der Waals surface area contributed by atoms with Gasteiger partial charge < -0.3 is 19.5 Å². The fraction of sp³-hybridized carbons (Fsp3) is 0.360. The van der Waals surface area contributed by atoms with Crippen LogP contribution in [-0.4, -0.2) is 42.0 Å². The molecular formula is C25H29N5O3S2. The second kappa shape index (κ2) is 9.60. The van der Waals surface area contributed by atoms with Crippen LogP contribution in [0.4, 0.5) is 11.4 Å². The normalized spacial score (nSPS) is 22.4. The second-order valence-electron chi connectivity index (χ2n) is 9.09. The molecule has 3 atom stereocenters. The highest BCUT2D eigenvalue weighted by Gasteiger charge is 2.42. The molecule has 0 bridgehead atoms. The smallest absolute Gasteiger partial charge is 0.229 e. The van der Waals surface area contributed by atoms with E-state index in [4.69, 9.17) is 17.0 Å². The van der Waals surface area contributed by atoms with E-state index in [1.807, 2.05) is 37.3 Å². The largest absolute Gasteiger partial charge is 0.376 e. The van der Waals surface area contributed by atoms with E-state index >= 15 is 0 Å². The molecule has 4 heterocycles. The standard InChI is InChI=1S/C25H29N5O3S2/c1-17-15-18(10-11-20(17)28-35(2,31)32)30-24(23(27-25(30)34)21-8-3-4-12-26-21)22-9-5-13-29(22)16-19-7-6-14-33-19/h3-5,8-13,15,19,23-24,28H,6-7,14,16H2,1-2H3,(H,27,34)/t19-,23-,24-/m1/s1. The maximum Gasteiger partial charge on any atom is 0.229 e. The topological polar surface area (TPSA) is 88.5 Å². The molecular weight excluding hydrogens is 482 g/mol. The van der Waals surface area contributed by atoms with Crippen LogP contribution in [0.15, 0.2) is 60.9 Å². The molecule has 0 radical (unpaired) electrons. The van der Waals surface area contributed by atoms with Crippen LogP contribution in [-0.2, 0) is 21.3 Å². The molecule has 0 spiro atoms. The van der Waals surface area contributed by atoms with Gasteiger partial charge >= 0.3 is 0 Å². The summed E-state index contributed by atoms with van der Waals surface area (Å²) in [5.41, 5.74) is 4.26. The number of pyridine rings is 1. The van der Waals surface area contributed by atoms with Gasteiger partial charge in [-0.1, -0.05) is 6.07 Å². The lowest BCUT2D eigenvalue weighted by Gasteiger charge is -2.30. The number of hydrogen-bond acceptors (Lipinski definition) is 5. The Morgan fingerprint density at radius 2 is 2.09 bits per heavy atom. The van der Waals surface area contributed by atoms with Crippen LogP contribution in [0.1, 0.15) is 41.9 Å². The first-order chi connectivity index (χ1) is 16.8. The zero-order chi connectivity index (χ0) is 24.6. The number of rotatable bonds is 7. The van der Waals surface area contributed by atoms with Crippen LogP contribution in [0.25, 0.3) is 0 Å². The summed E-state index contributed by atoms with van der Waals surface area (Å²) < 4.78 is 34.3. The van der Waals surface area contributed by atoms with Crippen molar-refractivity contribution in [1.82, 2.24) is 14.9 Å². The molecule has 3 aromatic rings.